The van der Waals surface area contributed by atoms with Gasteiger partial charge in [0.05, 0.1) is 24.2 Å². The summed E-state index contributed by atoms with van der Waals surface area (Å²) in [6.07, 6.45) is 0. The van der Waals surface area contributed by atoms with Gasteiger partial charge in [-0.25, -0.2) is 0 Å². The summed E-state index contributed by atoms with van der Waals surface area (Å²) >= 11 is 0. The minimum absolute atomic E-state index is 0.0978. The lowest BCUT2D eigenvalue weighted by molar-refractivity contribution is 0.332. The van der Waals surface area contributed by atoms with Crippen LogP contribution in [0.2, 0.25) is 0 Å². The van der Waals surface area contributed by atoms with Gasteiger partial charge in [-0.15, -0.1) is 0 Å². The van der Waals surface area contributed by atoms with E-state index < -0.39 is 24.2 Å². The number of hydrogen-bond donors (Lipinski definition) is 6. The number of rotatable bonds is 11. The van der Waals surface area contributed by atoms with E-state index in [2.05, 4.69) is 10.6 Å². The van der Waals surface area contributed by atoms with Crippen LogP contribution in [0.15, 0.2) is 158 Å². The van der Waals surface area contributed by atoms with Crippen molar-refractivity contribution < 1.29 is 20.4 Å². The zero-order valence-corrected chi connectivity index (χ0v) is 25.1. The quantitative estimate of drug-likeness (QED) is 0.0889. The lowest BCUT2D eigenvalue weighted by atomic mass is 9.87. The topological polar surface area (TPSA) is 105 Å². The Kier molecular flexibility index (Phi) is 9.29. The van der Waals surface area contributed by atoms with Gasteiger partial charge in [-0.2, -0.15) is 0 Å². The van der Waals surface area contributed by atoms with Gasteiger partial charge in [0.25, 0.3) is 0 Å². The van der Waals surface area contributed by atoms with Gasteiger partial charge >= 0.3 is 0 Å². The fraction of sp³-hybridized carbons (Fsp3) is 0.100. The third kappa shape index (κ3) is 6.59. The molecule has 0 aliphatic carbocycles. The highest BCUT2D eigenvalue weighted by Gasteiger charge is 2.33. The van der Waals surface area contributed by atoms with Gasteiger partial charge in [-0.3, -0.25) is 10.6 Å². The molecular formula is C40H36N2O4. The van der Waals surface area contributed by atoms with Gasteiger partial charge in [0, 0.05) is 22.3 Å². The normalized spacial score (nSPS) is 12.7. The average molecular weight is 609 g/mol. The number of hydrogen-bond acceptors (Lipinski definition) is 6. The first kappa shape index (κ1) is 30.5. The van der Waals surface area contributed by atoms with Crippen LogP contribution in [0.1, 0.15) is 57.5 Å². The molecule has 6 aromatic rings. The molecular weight excluding hydrogens is 572 g/mol. The SMILES string of the molecule is Oc1ccccc1C(N[C@H](c1ccccc1)[C@H](NC(c1ccccc1O)c1ccccc1O)c1ccccc1)c1ccccc1O. The molecule has 0 fully saturated rings. The van der Waals surface area contributed by atoms with Crippen LogP contribution < -0.4 is 10.6 Å². The highest BCUT2D eigenvalue weighted by atomic mass is 16.3. The molecule has 6 heteroatoms. The van der Waals surface area contributed by atoms with Gasteiger partial charge in [0.15, 0.2) is 0 Å². The lowest BCUT2D eigenvalue weighted by Gasteiger charge is -2.37. The van der Waals surface area contributed by atoms with Crippen LogP contribution in [-0.2, 0) is 0 Å². The summed E-state index contributed by atoms with van der Waals surface area (Å²) in [5.74, 6) is 0.391. The Bertz CT molecular complexity index is 1650. The highest BCUT2D eigenvalue weighted by Crippen LogP contribution is 2.42. The fourth-order valence-corrected chi connectivity index (χ4v) is 6.07. The minimum atomic E-state index is -0.616. The summed E-state index contributed by atoms with van der Waals surface area (Å²) in [5, 5.41) is 52.0. The van der Waals surface area contributed by atoms with Crippen LogP contribution in [0.25, 0.3) is 0 Å². The molecule has 6 nitrogen and oxygen atoms in total. The van der Waals surface area contributed by atoms with Crippen molar-refractivity contribution in [2.75, 3.05) is 0 Å². The summed E-state index contributed by atoms with van der Waals surface area (Å²) in [7, 11) is 0. The van der Waals surface area contributed by atoms with E-state index in [4.69, 9.17) is 0 Å². The molecule has 0 saturated carbocycles. The van der Waals surface area contributed by atoms with E-state index in [1.807, 2.05) is 109 Å². The maximum absolute atomic E-state index is 11.1. The zero-order chi connectivity index (χ0) is 31.9. The number of para-hydroxylation sites is 4. The number of phenols is 4. The van der Waals surface area contributed by atoms with E-state index in [0.717, 1.165) is 11.1 Å². The molecule has 230 valence electrons. The van der Waals surface area contributed by atoms with Crippen molar-refractivity contribution in [2.45, 2.75) is 24.2 Å². The number of nitrogens with one attached hydrogen (secondary N) is 2. The van der Waals surface area contributed by atoms with Gasteiger partial charge in [0.1, 0.15) is 23.0 Å². The highest BCUT2D eigenvalue weighted by molar-refractivity contribution is 5.48. The summed E-state index contributed by atoms with van der Waals surface area (Å²) in [5.41, 5.74) is 4.33. The van der Waals surface area contributed by atoms with E-state index >= 15 is 0 Å². The molecule has 6 rings (SSSR count). The molecule has 6 N–H and O–H groups in total. The maximum atomic E-state index is 11.1. The van der Waals surface area contributed by atoms with Crippen molar-refractivity contribution in [1.82, 2.24) is 10.6 Å². The molecule has 46 heavy (non-hydrogen) atoms. The smallest absolute Gasteiger partial charge is 0.120 e. The first-order valence-electron chi connectivity index (χ1n) is 15.2. The molecule has 0 heterocycles. The Morgan fingerprint density at radius 1 is 0.304 bits per heavy atom. The van der Waals surface area contributed by atoms with Crippen molar-refractivity contribution in [1.29, 1.82) is 0 Å². The van der Waals surface area contributed by atoms with E-state index in [9.17, 15) is 20.4 Å². The second kappa shape index (κ2) is 14.0. The van der Waals surface area contributed by atoms with Gasteiger partial charge in [-0.1, -0.05) is 133 Å². The van der Waals surface area contributed by atoms with Crippen LogP contribution in [0, 0.1) is 0 Å². The van der Waals surface area contributed by atoms with Gasteiger partial charge in [0.2, 0.25) is 0 Å². The monoisotopic (exact) mass is 608 g/mol. The fourth-order valence-electron chi connectivity index (χ4n) is 6.07. The third-order valence-corrected chi connectivity index (χ3v) is 8.33. The van der Waals surface area contributed by atoms with E-state index in [1.54, 1.807) is 48.5 Å². The number of aromatic hydroxyl groups is 4. The second-order valence-electron chi connectivity index (χ2n) is 11.2. The maximum Gasteiger partial charge on any atom is 0.120 e. The van der Waals surface area contributed by atoms with E-state index in [1.165, 1.54) is 0 Å². The van der Waals surface area contributed by atoms with Crippen LogP contribution in [0.5, 0.6) is 23.0 Å². The Morgan fingerprint density at radius 3 is 0.804 bits per heavy atom. The largest absolute Gasteiger partial charge is 0.508 e. The average Bonchev–Trinajstić information content (AvgIpc) is 3.09. The number of phenolic OH excluding ortho intramolecular Hbond substituents is 4. The number of benzene rings is 6. The van der Waals surface area contributed by atoms with Crippen molar-refractivity contribution in [3.8, 4) is 23.0 Å². The Balaban J connectivity index is 1.55. The summed E-state index contributed by atoms with van der Waals surface area (Å²) < 4.78 is 0. The van der Waals surface area contributed by atoms with E-state index in [-0.39, 0.29) is 23.0 Å². The molecule has 0 bridgehead atoms. The third-order valence-electron chi connectivity index (χ3n) is 8.33. The first-order chi connectivity index (χ1) is 22.5. The molecule has 2 atom stereocenters. The van der Waals surface area contributed by atoms with Crippen molar-refractivity contribution in [2.24, 2.45) is 0 Å². The lowest BCUT2D eigenvalue weighted by Crippen LogP contribution is -2.39. The molecule has 6 aromatic carbocycles. The predicted molar refractivity (Wildman–Crippen MR) is 181 cm³/mol. The second-order valence-corrected chi connectivity index (χ2v) is 11.2. The van der Waals surface area contributed by atoms with Crippen LogP contribution >= 0.6 is 0 Å². The molecule has 0 amide bonds. The van der Waals surface area contributed by atoms with E-state index in [0.29, 0.717) is 22.3 Å². The van der Waals surface area contributed by atoms with Gasteiger partial charge in [-0.05, 0) is 35.4 Å². The van der Waals surface area contributed by atoms with Crippen LogP contribution in [0.4, 0.5) is 0 Å². The Labute approximate surface area is 268 Å². The summed E-state index contributed by atoms with van der Waals surface area (Å²) in [4.78, 5) is 0. The molecule has 0 unspecified atom stereocenters. The molecule has 0 aromatic heterocycles. The summed E-state index contributed by atoms with van der Waals surface area (Å²) in [6.45, 7) is 0. The Morgan fingerprint density at radius 2 is 0.543 bits per heavy atom. The van der Waals surface area contributed by atoms with Crippen LogP contribution in [0.3, 0.4) is 0 Å². The molecule has 0 aliphatic rings. The minimum Gasteiger partial charge on any atom is -0.508 e. The first-order valence-corrected chi connectivity index (χ1v) is 15.2. The Hall–Kier alpha value is -5.56. The predicted octanol–water partition coefficient (Wildman–Crippen LogP) is 8.05. The molecule has 0 spiro atoms. The summed E-state index contributed by atoms with van der Waals surface area (Å²) in [6, 6.07) is 46.3. The molecule has 0 radical (unpaired) electrons. The zero-order valence-electron chi connectivity index (χ0n) is 25.1. The molecule has 0 aliphatic heterocycles. The van der Waals surface area contributed by atoms with Crippen molar-refractivity contribution in [3.63, 3.8) is 0 Å². The molecule has 0 saturated heterocycles. The van der Waals surface area contributed by atoms with Crippen molar-refractivity contribution in [3.05, 3.63) is 191 Å². The standard InChI is InChI=1S/C40H36N2O4/c43-33-23-11-7-19-29(33)39(30-20-8-12-24-34(30)44)41-37(27-15-3-1-4-16-27)38(28-17-5-2-6-18-28)42-40(31-21-9-13-25-35(31)45)32-22-10-14-26-36(32)46/h1-26,37-46H/t37-,38-/m1/s1. The van der Waals surface area contributed by atoms with Crippen molar-refractivity contribution >= 4 is 0 Å². The van der Waals surface area contributed by atoms with Gasteiger partial charge < -0.3 is 20.4 Å². The van der Waals surface area contributed by atoms with Crippen LogP contribution in [-0.4, -0.2) is 20.4 Å².